The van der Waals surface area contributed by atoms with E-state index in [1.807, 2.05) is 23.5 Å². The molecule has 0 N–H and O–H groups in total. The number of thiophene rings is 2. The van der Waals surface area contributed by atoms with Crippen molar-refractivity contribution in [2.24, 2.45) is 0 Å². The van der Waals surface area contributed by atoms with Crippen molar-refractivity contribution in [2.45, 2.75) is 13.8 Å². The van der Waals surface area contributed by atoms with E-state index in [4.69, 9.17) is 0 Å². The predicted octanol–water partition coefficient (Wildman–Crippen LogP) is 6.96. The third-order valence-corrected chi connectivity index (χ3v) is 5.62. The van der Waals surface area contributed by atoms with E-state index >= 15 is 0 Å². The van der Waals surface area contributed by atoms with Crippen LogP contribution >= 0.6 is 22.7 Å². The average molecular weight is 322 g/mol. The van der Waals surface area contributed by atoms with Gasteiger partial charge in [0.05, 0.1) is 0 Å². The summed E-state index contributed by atoms with van der Waals surface area (Å²) >= 11 is 3.64. The molecule has 0 saturated heterocycles. The highest BCUT2D eigenvalue weighted by atomic mass is 32.1. The number of hydrogen-bond donors (Lipinski definition) is 0. The first-order valence-corrected chi connectivity index (χ1v) is 8.93. The molecular formula is C20H18S2. The molecule has 2 heteroatoms. The molecule has 0 nitrogen and oxygen atoms in total. The van der Waals surface area contributed by atoms with Crippen molar-refractivity contribution in [1.29, 1.82) is 0 Å². The quantitative estimate of drug-likeness (QED) is 0.455. The average Bonchev–Trinajstić information content (AvgIpc) is 3.12. The fourth-order valence-corrected chi connectivity index (χ4v) is 4.20. The Hall–Kier alpha value is -1.90. The monoisotopic (exact) mass is 322 g/mol. The largest absolute Gasteiger partial charge is 0.148 e. The summed E-state index contributed by atoms with van der Waals surface area (Å²) in [6, 6.07) is 13.2. The molecule has 0 saturated carbocycles. The molecule has 0 aliphatic carbocycles. The summed E-state index contributed by atoms with van der Waals surface area (Å²) in [5, 5.41) is 2.24. The first-order valence-electron chi connectivity index (χ1n) is 7.23. The van der Waals surface area contributed by atoms with Gasteiger partial charge in [0.15, 0.2) is 0 Å². The summed E-state index contributed by atoms with van der Waals surface area (Å²) in [5.41, 5.74) is 5.15. The molecule has 22 heavy (non-hydrogen) atoms. The summed E-state index contributed by atoms with van der Waals surface area (Å²) < 4.78 is 0. The molecule has 0 aliphatic heterocycles. The Balaban J connectivity index is 1.97. The zero-order chi connectivity index (χ0) is 15.5. The van der Waals surface area contributed by atoms with Crippen molar-refractivity contribution in [2.75, 3.05) is 0 Å². The van der Waals surface area contributed by atoms with Gasteiger partial charge in [0.25, 0.3) is 0 Å². The van der Waals surface area contributed by atoms with Crippen LogP contribution in [0.4, 0.5) is 0 Å². The lowest BCUT2D eigenvalue weighted by atomic mass is 10.0. The SMILES string of the molecule is C=C/C=C\c1c(-c2ccc(-c3ccc(C)s3)cc2)csc1C. The Bertz CT molecular complexity index is 814. The predicted molar refractivity (Wildman–Crippen MR) is 102 cm³/mol. The molecule has 0 radical (unpaired) electrons. The van der Waals surface area contributed by atoms with Gasteiger partial charge in [0.2, 0.25) is 0 Å². The Kier molecular flexibility index (Phi) is 4.41. The maximum absolute atomic E-state index is 3.76. The van der Waals surface area contributed by atoms with Crippen molar-refractivity contribution < 1.29 is 0 Å². The topological polar surface area (TPSA) is 0 Å². The Morgan fingerprint density at radius 2 is 1.68 bits per heavy atom. The van der Waals surface area contributed by atoms with E-state index in [0.717, 1.165) is 0 Å². The molecule has 0 aliphatic rings. The van der Waals surface area contributed by atoms with Crippen molar-refractivity contribution in [3.05, 3.63) is 75.8 Å². The molecule has 0 amide bonds. The molecule has 2 aromatic heterocycles. The van der Waals surface area contributed by atoms with Gasteiger partial charge < -0.3 is 0 Å². The van der Waals surface area contributed by atoms with E-state index < -0.39 is 0 Å². The molecule has 1 aromatic carbocycles. The molecule has 0 bridgehead atoms. The van der Waals surface area contributed by atoms with Crippen molar-refractivity contribution >= 4 is 28.7 Å². The van der Waals surface area contributed by atoms with Crippen LogP contribution in [0.2, 0.25) is 0 Å². The van der Waals surface area contributed by atoms with Crippen LogP contribution in [0.3, 0.4) is 0 Å². The van der Waals surface area contributed by atoms with Gasteiger partial charge in [0, 0.05) is 14.6 Å². The summed E-state index contributed by atoms with van der Waals surface area (Å²) in [6.07, 6.45) is 5.97. The lowest BCUT2D eigenvalue weighted by molar-refractivity contribution is 1.57. The Labute approximate surface area is 140 Å². The standard InChI is InChI=1S/C20H18S2/c1-4-5-6-18-15(3)21-13-19(18)16-8-10-17(11-9-16)20-12-7-14(2)22-20/h4-13H,1H2,2-3H3/b6-5-. The molecule has 0 spiro atoms. The van der Waals surface area contributed by atoms with Crippen molar-refractivity contribution in [3.63, 3.8) is 0 Å². The molecule has 0 atom stereocenters. The zero-order valence-corrected chi connectivity index (χ0v) is 14.4. The highest BCUT2D eigenvalue weighted by Gasteiger charge is 2.08. The Morgan fingerprint density at radius 1 is 0.955 bits per heavy atom. The van der Waals surface area contributed by atoms with Gasteiger partial charge in [0.1, 0.15) is 0 Å². The lowest BCUT2D eigenvalue weighted by Crippen LogP contribution is -1.80. The fourth-order valence-electron chi connectivity index (χ4n) is 2.46. The molecule has 3 aromatic rings. The maximum Gasteiger partial charge on any atom is 0.0345 e. The molecule has 110 valence electrons. The van der Waals surface area contributed by atoms with E-state index in [1.165, 1.54) is 36.9 Å². The normalized spacial score (nSPS) is 11.2. The van der Waals surface area contributed by atoms with Gasteiger partial charge in [-0.1, -0.05) is 49.1 Å². The molecule has 0 fully saturated rings. The van der Waals surface area contributed by atoms with Gasteiger partial charge in [-0.15, -0.1) is 22.7 Å². The minimum atomic E-state index is 1.27. The highest BCUT2D eigenvalue weighted by molar-refractivity contribution is 7.15. The fraction of sp³-hybridized carbons (Fsp3) is 0.100. The van der Waals surface area contributed by atoms with Crippen LogP contribution in [0.15, 0.2) is 60.5 Å². The molecule has 3 rings (SSSR count). The molecule has 0 unspecified atom stereocenters. The molecular weight excluding hydrogens is 304 g/mol. The van der Waals surface area contributed by atoms with Crippen molar-refractivity contribution in [3.8, 4) is 21.6 Å². The van der Waals surface area contributed by atoms with Crippen LogP contribution in [0.1, 0.15) is 15.3 Å². The van der Waals surface area contributed by atoms with Gasteiger partial charge >= 0.3 is 0 Å². The van der Waals surface area contributed by atoms with E-state index in [2.05, 4.69) is 68.3 Å². The minimum Gasteiger partial charge on any atom is -0.148 e. The smallest absolute Gasteiger partial charge is 0.0345 e. The summed E-state index contributed by atoms with van der Waals surface area (Å²) in [5.74, 6) is 0. The number of allylic oxidation sites excluding steroid dienone is 2. The van der Waals surface area contributed by atoms with Crippen LogP contribution in [0, 0.1) is 13.8 Å². The lowest BCUT2D eigenvalue weighted by Gasteiger charge is -2.04. The van der Waals surface area contributed by atoms with Gasteiger partial charge in [-0.05, 0) is 53.6 Å². The number of rotatable bonds is 4. The first-order chi connectivity index (χ1) is 10.7. The number of hydrogen-bond acceptors (Lipinski definition) is 2. The third-order valence-electron chi connectivity index (χ3n) is 3.64. The number of aryl methyl sites for hydroxylation is 2. The highest BCUT2D eigenvalue weighted by Crippen LogP contribution is 2.34. The van der Waals surface area contributed by atoms with E-state index in [9.17, 15) is 0 Å². The van der Waals surface area contributed by atoms with E-state index in [0.29, 0.717) is 0 Å². The maximum atomic E-state index is 3.76. The second-order valence-corrected chi connectivity index (χ2v) is 7.57. The van der Waals surface area contributed by atoms with Crippen LogP contribution in [-0.4, -0.2) is 0 Å². The van der Waals surface area contributed by atoms with Gasteiger partial charge in [-0.25, -0.2) is 0 Å². The first kappa shape index (κ1) is 15.0. The second kappa shape index (κ2) is 6.47. The minimum absolute atomic E-state index is 1.27. The second-order valence-electron chi connectivity index (χ2n) is 5.20. The van der Waals surface area contributed by atoms with Gasteiger partial charge in [-0.2, -0.15) is 0 Å². The van der Waals surface area contributed by atoms with Crippen LogP contribution < -0.4 is 0 Å². The third kappa shape index (κ3) is 2.99. The van der Waals surface area contributed by atoms with Crippen LogP contribution in [-0.2, 0) is 0 Å². The summed E-state index contributed by atoms with van der Waals surface area (Å²) in [4.78, 5) is 4.02. The van der Waals surface area contributed by atoms with Crippen molar-refractivity contribution in [1.82, 2.24) is 0 Å². The summed E-state index contributed by atoms with van der Waals surface area (Å²) in [6.45, 7) is 8.07. The van der Waals surface area contributed by atoms with Gasteiger partial charge in [-0.3, -0.25) is 0 Å². The molecule has 2 heterocycles. The van der Waals surface area contributed by atoms with E-state index in [1.54, 1.807) is 11.3 Å². The number of benzene rings is 1. The van der Waals surface area contributed by atoms with Crippen LogP contribution in [0.5, 0.6) is 0 Å². The Morgan fingerprint density at radius 3 is 2.32 bits per heavy atom. The van der Waals surface area contributed by atoms with Crippen LogP contribution in [0.25, 0.3) is 27.6 Å². The zero-order valence-electron chi connectivity index (χ0n) is 12.8. The van der Waals surface area contributed by atoms with E-state index in [-0.39, 0.29) is 0 Å². The summed E-state index contributed by atoms with van der Waals surface area (Å²) in [7, 11) is 0.